The van der Waals surface area contributed by atoms with E-state index in [0.717, 1.165) is 10.3 Å². The molecule has 3 aromatic rings. The van der Waals surface area contributed by atoms with E-state index in [9.17, 15) is 9.59 Å². The Morgan fingerprint density at radius 3 is 1.91 bits per heavy atom. The van der Waals surface area contributed by atoms with Crippen LogP contribution in [0.25, 0.3) is 10.8 Å². The lowest BCUT2D eigenvalue weighted by molar-refractivity contribution is 0.0893. The van der Waals surface area contributed by atoms with Gasteiger partial charge in [-0.15, -0.1) is 0 Å². The molecule has 1 aliphatic heterocycles. The van der Waals surface area contributed by atoms with Crippen LogP contribution in [0.4, 0.5) is 11.4 Å². The highest BCUT2D eigenvalue weighted by molar-refractivity contribution is 6.36. The maximum atomic E-state index is 12.8. The lowest BCUT2D eigenvalue weighted by Crippen LogP contribution is -2.40. The topological polar surface area (TPSA) is 63.4 Å². The molecule has 4 heteroatoms. The normalized spacial score (nSPS) is 13.7. The van der Waals surface area contributed by atoms with Crippen molar-refractivity contribution in [2.24, 2.45) is 0 Å². The summed E-state index contributed by atoms with van der Waals surface area (Å²) in [5, 5.41) is 1.60. The van der Waals surface area contributed by atoms with Crippen LogP contribution in [0, 0.1) is 0 Å². The lowest BCUT2D eigenvalue weighted by atomic mass is 9.93. The first kappa shape index (κ1) is 12.6. The summed E-state index contributed by atoms with van der Waals surface area (Å²) < 4.78 is 0. The monoisotopic (exact) mass is 288 g/mol. The van der Waals surface area contributed by atoms with Crippen molar-refractivity contribution in [2.75, 3.05) is 10.6 Å². The van der Waals surface area contributed by atoms with Crippen molar-refractivity contribution in [3.05, 3.63) is 71.8 Å². The Kier molecular flexibility index (Phi) is 2.53. The van der Waals surface area contributed by atoms with Gasteiger partial charge in [0.15, 0.2) is 0 Å². The number of imide groups is 1. The Labute approximate surface area is 126 Å². The van der Waals surface area contributed by atoms with E-state index in [2.05, 4.69) is 0 Å². The van der Waals surface area contributed by atoms with Crippen LogP contribution in [0.15, 0.2) is 60.7 Å². The molecule has 1 aliphatic rings. The number of hydrogen-bond donors (Lipinski definition) is 1. The largest absolute Gasteiger partial charge is 0.397 e. The first-order valence-corrected chi connectivity index (χ1v) is 6.93. The fourth-order valence-corrected chi connectivity index (χ4v) is 2.94. The van der Waals surface area contributed by atoms with E-state index in [0.29, 0.717) is 27.9 Å². The van der Waals surface area contributed by atoms with Crippen LogP contribution in [0.3, 0.4) is 0 Å². The Balaban J connectivity index is 2.02. The maximum Gasteiger partial charge on any atom is 0.266 e. The van der Waals surface area contributed by atoms with Crippen molar-refractivity contribution in [3.8, 4) is 0 Å². The molecule has 0 saturated carbocycles. The second kappa shape index (κ2) is 4.43. The third-order valence-corrected chi connectivity index (χ3v) is 3.95. The number of hydrogen-bond acceptors (Lipinski definition) is 3. The van der Waals surface area contributed by atoms with E-state index in [1.807, 2.05) is 24.3 Å². The first-order chi connectivity index (χ1) is 10.7. The number of carbonyl (C=O) groups excluding carboxylic acids is 2. The van der Waals surface area contributed by atoms with Crippen LogP contribution in [0.1, 0.15) is 20.7 Å². The average molecular weight is 288 g/mol. The number of carbonyl (C=O) groups is 2. The van der Waals surface area contributed by atoms with Gasteiger partial charge in [0.25, 0.3) is 11.8 Å². The number of anilines is 2. The van der Waals surface area contributed by atoms with Gasteiger partial charge in [-0.3, -0.25) is 9.59 Å². The highest BCUT2D eigenvalue weighted by atomic mass is 16.2. The minimum atomic E-state index is -0.341. The SMILES string of the molecule is Nc1ccccc1N1C(=O)c2cccc3cccc(c23)C1=O. The number of benzene rings is 3. The molecule has 2 amide bonds. The third-order valence-electron chi connectivity index (χ3n) is 3.95. The van der Waals surface area contributed by atoms with Crippen LogP contribution >= 0.6 is 0 Å². The number of rotatable bonds is 1. The molecule has 2 N–H and O–H groups in total. The van der Waals surface area contributed by atoms with Crippen LogP contribution in [-0.2, 0) is 0 Å². The van der Waals surface area contributed by atoms with Gasteiger partial charge in [-0.25, -0.2) is 4.90 Å². The van der Waals surface area contributed by atoms with Crippen molar-refractivity contribution < 1.29 is 9.59 Å². The van der Waals surface area contributed by atoms with Crippen molar-refractivity contribution in [2.45, 2.75) is 0 Å². The molecule has 0 aromatic heterocycles. The number of nitrogens with two attached hydrogens (primary N) is 1. The lowest BCUT2D eigenvalue weighted by Gasteiger charge is -2.27. The molecule has 0 spiro atoms. The third kappa shape index (κ3) is 1.58. The minimum Gasteiger partial charge on any atom is -0.397 e. The van der Waals surface area contributed by atoms with E-state index in [-0.39, 0.29) is 11.8 Å². The Morgan fingerprint density at radius 2 is 1.32 bits per heavy atom. The summed E-state index contributed by atoms with van der Waals surface area (Å²) in [6.07, 6.45) is 0. The summed E-state index contributed by atoms with van der Waals surface area (Å²) in [6, 6.07) is 17.8. The van der Waals surface area contributed by atoms with Gasteiger partial charge in [0.1, 0.15) is 0 Å². The van der Waals surface area contributed by atoms with Crippen molar-refractivity contribution in [3.63, 3.8) is 0 Å². The molecule has 0 fully saturated rings. The predicted molar refractivity (Wildman–Crippen MR) is 85.9 cm³/mol. The van der Waals surface area contributed by atoms with E-state index in [4.69, 9.17) is 5.73 Å². The second-order valence-electron chi connectivity index (χ2n) is 5.21. The zero-order valence-electron chi connectivity index (χ0n) is 11.6. The molecule has 0 aliphatic carbocycles. The number of amides is 2. The zero-order chi connectivity index (χ0) is 15.3. The van der Waals surface area contributed by atoms with E-state index in [1.165, 1.54) is 0 Å². The van der Waals surface area contributed by atoms with Gasteiger partial charge in [0.05, 0.1) is 11.4 Å². The molecule has 0 saturated heterocycles. The molecular formula is C18H12N2O2. The number of nitrogen functional groups attached to an aromatic ring is 1. The number of para-hydroxylation sites is 2. The summed E-state index contributed by atoms with van der Waals surface area (Å²) >= 11 is 0. The molecule has 4 nitrogen and oxygen atoms in total. The summed E-state index contributed by atoms with van der Waals surface area (Å²) in [7, 11) is 0. The summed E-state index contributed by atoms with van der Waals surface area (Å²) in [4.78, 5) is 26.8. The van der Waals surface area contributed by atoms with E-state index in [1.54, 1.807) is 36.4 Å². The molecule has 1 heterocycles. The van der Waals surface area contributed by atoms with E-state index >= 15 is 0 Å². The zero-order valence-corrected chi connectivity index (χ0v) is 11.6. The molecule has 0 unspecified atom stereocenters. The first-order valence-electron chi connectivity index (χ1n) is 6.93. The second-order valence-corrected chi connectivity index (χ2v) is 5.21. The quantitative estimate of drug-likeness (QED) is 0.552. The highest BCUT2D eigenvalue weighted by Crippen LogP contribution is 2.34. The number of nitrogens with zero attached hydrogens (tertiary/aromatic N) is 1. The van der Waals surface area contributed by atoms with Gasteiger partial charge in [-0.2, -0.15) is 0 Å². The van der Waals surface area contributed by atoms with Crippen molar-refractivity contribution >= 4 is 34.0 Å². The van der Waals surface area contributed by atoms with E-state index < -0.39 is 0 Å². The smallest absolute Gasteiger partial charge is 0.266 e. The van der Waals surface area contributed by atoms with Gasteiger partial charge in [0.2, 0.25) is 0 Å². The molecule has 4 rings (SSSR count). The Hall–Kier alpha value is -3.14. The standard InChI is InChI=1S/C18H12N2O2/c19-14-9-1-2-10-15(14)20-17(21)12-7-3-5-11-6-4-8-13(16(11)12)18(20)22/h1-10H,19H2. The summed E-state index contributed by atoms with van der Waals surface area (Å²) in [5.74, 6) is -0.681. The molecule has 3 aromatic carbocycles. The molecule has 106 valence electrons. The average Bonchev–Trinajstić information content (AvgIpc) is 2.54. The Morgan fingerprint density at radius 1 is 0.727 bits per heavy atom. The van der Waals surface area contributed by atoms with Crippen LogP contribution in [-0.4, -0.2) is 11.8 Å². The Bertz CT molecular complexity index is 896. The van der Waals surface area contributed by atoms with Crippen LogP contribution in [0.5, 0.6) is 0 Å². The van der Waals surface area contributed by atoms with Crippen LogP contribution in [0.2, 0.25) is 0 Å². The predicted octanol–water partition coefficient (Wildman–Crippen LogP) is 3.22. The molecular weight excluding hydrogens is 276 g/mol. The summed E-state index contributed by atoms with van der Waals surface area (Å²) in [6.45, 7) is 0. The molecule has 0 atom stereocenters. The van der Waals surface area contributed by atoms with Gasteiger partial charge in [0, 0.05) is 16.5 Å². The van der Waals surface area contributed by atoms with Crippen molar-refractivity contribution in [1.82, 2.24) is 0 Å². The van der Waals surface area contributed by atoms with Gasteiger partial charge in [-0.05, 0) is 29.7 Å². The van der Waals surface area contributed by atoms with Crippen LogP contribution < -0.4 is 10.6 Å². The van der Waals surface area contributed by atoms with Crippen molar-refractivity contribution in [1.29, 1.82) is 0 Å². The van der Waals surface area contributed by atoms with Gasteiger partial charge < -0.3 is 5.73 Å². The van der Waals surface area contributed by atoms with Gasteiger partial charge in [-0.1, -0.05) is 36.4 Å². The molecule has 22 heavy (non-hydrogen) atoms. The minimum absolute atomic E-state index is 0.341. The molecule has 0 bridgehead atoms. The molecule has 0 radical (unpaired) electrons. The maximum absolute atomic E-state index is 12.8. The highest BCUT2D eigenvalue weighted by Gasteiger charge is 2.34. The fraction of sp³-hybridized carbons (Fsp3) is 0. The van der Waals surface area contributed by atoms with Gasteiger partial charge >= 0.3 is 0 Å². The fourth-order valence-electron chi connectivity index (χ4n) is 2.94. The summed E-state index contributed by atoms with van der Waals surface area (Å²) in [5.41, 5.74) is 7.81.